The number of hydrogen-bond donors (Lipinski definition) is 1. The molecule has 1 rings (SSSR count). The fourth-order valence-corrected chi connectivity index (χ4v) is 1.20. The fraction of sp³-hybridized carbons (Fsp3) is 0.182. The first kappa shape index (κ1) is 11.4. The molecule has 0 saturated carbocycles. The summed E-state index contributed by atoms with van der Waals surface area (Å²) in [4.78, 5) is 10.9. The normalized spacial score (nSPS) is 11.9. The van der Waals surface area contributed by atoms with Crippen LogP contribution in [0.2, 0.25) is 0 Å². The average Bonchev–Trinajstić information content (AvgIpc) is 2.21. The number of carbonyl (C=O) groups excluding carboxylic acids is 1. The number of halogens is 2. The van der Waals surface area contributed by atoms with Gasteiger partial charge in [0.1, 0.15) is 11.6 Å². The van der Waals surface area contributed by atoms with Gasteiger partial charge in [0.25, 0.3) is 0 Å². The molecule has 1 aromatic rings. The van der Waals surface area contributed by atoms with Crippen molar-refractivity contribution in [1.29, 1.82) is 0 Å². The van der Waals surface area contributed by atoms with Crippen molar-refractivity contribution in [3.05, 3.63) is 48.1 Å². The lowest BCUT2D eigenvalue weighted by atomic mass is 10.1. The number of nitrogens with one attached hydrogen (secondary N) is 1. The molecule has 1 unspecified atom stereocenters. The highest BCUT2D eigenvalue weighted by Crippen LogP contribution is 2.17. The van der Waals surface area contributed by atoms with Crippen LogP contribution in [0.1, 0.15) is 18.5 Å². The van der Waals surface area contributed by atoms with E-state index in [2.05, 4.69) is 11.9 Å². The fourth-order valence-electron chi connectivity index (χ4n) is 1.20. The van der Waals surface area contributed by atoms with Gasteiger partial charge in [0.15, 0.2) is 0 Å². The zero-order chi connectivity index (χ0) is 11.4. The summed E-state index contributed by atoms with van der Waals surface area (Å²) < 4.78 is 26.1. The standard InChI is InChI=1S/C11H11F2NO/c1-3-11(15)14-7(2)9-6-8(12)4-5-10(9)13/h3-7H,1H2,2H3,(H,14,15). The molecule has 0 aliphatic heterocycles. The Morgan fingerprint density at radius 3 is 2.80 bits per heavy atom. The van der Waals surface area contributed by atoms with E-state index in [1.165, 1.54) is 0 Å². The van der Waals surface area contributed by atoms with Gasteiger partial charge < -0.3 is 5.32 Å². The van der Waals surface area contributed by atoms with Crippen LogP contribution in [0.15, 0.2) is 30.9 Å². The third-order valence-corrected chi connectivity index (χ3v) is 1.97. The Hall–Kier alpha value is -1.71. The maximum Gasteiger partial charge on any atom is 0.243 e. The number of benzene rings is 1. The lowest BCUT2D eigenvalue weighted by Gasteiger charge is -2.13. The molecular formula is C11H11F2NO. The second-order valence-electron chi connectivity index (χ2n) is 3.10. The van der Waals surface area contributed by atoms with Crippen LogP contribution in [0, 0.1) is 11.6 Å². The molecule has 0 aliphatic carbocycles. The van der Waals surface area contributed by atoms with Crippen molar-refractivity contribution in [3.63, 3.8) is 0 Å². The highest BCUT2D eigenvalue weighted by Gasteiger charge is 2.12. The van der Waals surface area contributed by atoms with Crippen LogP contribution in [-0.4, -0.2) is 5.91 Å². The van der Waals surface area contributed by atoms with Crippen LogP contribution >= 0.6 is 0 Å². The van der Waals surface area contributed by atoms with E-state index in [0.29, 0.717) is 0 Å². The molecule has 1 atom stereocenters. The van der Waals surface area contributed by atoms with Gasteiger partial charge in [0.2, 0.25) is 5.91 Å². The largest absolute Gasteiger partial charge is 0.346 e. The second-order valence-corrected chi connectivity index (χ2v) is 3.10. The Bertz CT molecular complexity index is 390. The summed E-state index contributed by atoms with van der Waals surface area (Å²) in [5.41, 5.74) is 0.116. The highest BCUT2D eigenvalue weighted by atomic mass is 19.1. The lowest BCUT2D eigenvalue weighted by molar-refractivity contribution is -0.117. The number of hydrogen-bond acceptors (Lipinski definition) is 1. The third-order valence-electron chi connectivity index (χ3n) is 1.97. The number of amides is 1. The van der Waals surface area contributed by atoms with E-state index in [1.54, 1.807) is 6.92 Å². The molecule has 0 heterocycles. The van der Waals surface area contributed by atoms with E-state index in [1.807, 2.05) is 0 Å². The molecule has 2 nitrogen and oxygen atoms in total. The van der Waals surface area contributed by atoms with E-state index in [0.717, 1.165) is 24.3 Å². The Balaban J connectivity index is 2.90. The van der Waals surface area contributed by atoms with Crippen molar-refractivity contribution in [2.24, 2.45) is 0 Å². The van der Waals surface area contributed by atoms with E-state index >= 15 is 0 Å². The molecule has 0 spiro atoms. The van der Waals surface area contributed by atoms with Gasteiger partial charge in [-0.15, -0.1) is 0 Å². The van der Waals surface area contributed by atoms with Crippen LogP contribution in [0.3, 0.4) is 0 Å². The summed E-state index contributed by atoms with van der Waals surface area (Å²) in [6.45, 7) is 4.84. The maximum absolute atomic E-state index is 13.2. The predicted octanol–water partition coefficient (Wildman–Crippen LogP) is 2.33. The van der Waals surface area contributed by atoms with Crippen molar-refractivity contribution in [3.8, 4) is 0 Å². The quantitative estimate of drug-likeness (QED) is 0.764. The molecular weight excluding hydrogens is 200 g/mol. The van der Waals surface area contributed by atoms with E-state index in [9.17, 15) is 13.6 Å². The third kappa shape index (κ3) is 2.87. The van der Waals surface area contributed by atoms with Crippen molar-refractivity contribution >= 4 is 5.91 Å². The molecule has 80 valence electrons. The minimum absolute atomic E-state index is 0.116. The van der Waals surface area contributed by atoms with Crippen LogP contribution in [0.25, 0.3) is 0 Å². The van der Waals surface area contributed by atoms with Gasteiger partial charge in [-0.05, 0) is 31.2 Å². The molecule has 0 bridgehead atoms. The molecule has 0 saturated heterocycles. The van der Waals surface area contributed by atoms with E-state index < -0.39 is 23.6 Å². The first-order chi connectivity index (χ1) is 7.04. The van der Waals surface area contributed by atoms with Crippen molar-refractivity contribution < 1.29 is 13.6 Å². The number of rotatable bonds is 3. The summed E-state index contributed by atoms with van der Waals surface area (Å²) in [6, 6.07) is 2.53. The summed E-state index contributed by atoms with van der Waals surface area (Å²) >= 11 is 0. The topological polar surface area (TPSA) is 29.1 Å². The highest BCUT2D eigenvalue weighted by molar-refractivity contribution is 5.87. The summed E-state index contributed by atoms with van der Waals surface area (Å²) in [5.74, 6) is -1.51. The molecule has 1 aromatic carbocycles. The van der Waals surface area contributed by atoms with Gasteiger partial charge >= 0.3 is 0 Å². The Morgan fingerprint density at radius 2 is 2.20 bits per heavy atom. The first-order valence-corrected chi connectivity index (χ1v) is 4.42. The summed E-state index contributed by atoms with van der Waals surface area (Å²) in [6.07, 6.45) is 1.08. The Morgan fingerprint density at radius 1 is 1.53 bits per heavy atom. The van der Waals surface area contributed by atoms with Gasteiger partial charge in [0, 0.05) is 5.56 Å². The SMILES string of the molecule is C=CC(=O)NC(C)c1cc(F)ccc1F. The van der Waals surface area contributed by atoms with Crippen LogP contribution < -0.4 is 5.32 Å². The molecule has 1 amide bonds. The van der Waals surface area contributed by atoms with Gasteiger partial charge in [0.05, 0.1) is 6.04 Å². The van der Waals surface area contributed by atoms with Gasteiger partial charge in [-0.3, -0.25) is 4.79 Å². The minimum atomic E-state index is -0.591. The van der Waals surface area contributed by atoms with Crippen molar-refractivity contribution in [2.75, 3.05) is 0 Å². The molecule has 15 heavy (non-hydrogen) atoms. The summed E-state index contributed by atoms with van der Waals surface area (Å²) in [5, 5.41) is 2.45. The monoisotopic (exact) mass is 211 g/mol. The van der Waals surface area contributed by atoms with Crippen LogP contribution in [-0.2, 0) is 4.79 Å². The van der Waals surface area contributed by atoms with Crippen molar-refractivity contribution in [1.82, 2.24) is 5.32 Å². The van der Waals surface area contributed by atoms with Crippen LogP contribution in [0.5, 0.6) is 0 Å². The molecule has 0 aliphatic rings. The molecule has 1 N–H and O–H groups in total. The lowest BCUT2D eigenvalue weighted by Crippen LogP contribution is -2.25. The zero-order valence-electron chi connectivity index (χ0n) is 8.26. The second kappa shape index (κ2) is 4.68. The maximum atomic E-state index is 13.2. The van der Waals surface area contributed by atoms with Gasteiger partial charge in [-0.2, -0.15) is 0 Å². The average molecular weight is 211 g/mol. The zero-order valence-corrected chi connectivity index (χ0v) is 8.26. The number of carbonyl (C=O) groups is 1. The first-order valence-electron chi connectivity index (χ1n) is 4.42. The molecule has 0 radical (unpaired) electrons. The smallest absolute Gasteiger partial charge is 0.243 e. The van der Waals surface area contributed by atoms with Crippen molar-refractivity contribution in [2.45, 2.75) is 13.0 Å². The van der Waals surface area contributed by atoms with Gasteiger partial charge in [-0.1, -0.05) is 6.58 Å². The van der Waals surface area contributed by atoms with Gasteiger partial charge in [-0.25, -0.2) is 8.78 Å². The summed E-state index contributed by atoms with van der Waals surface area (Å²) in [7, 11) is 0. The van der Waals surface area contributed by atoms with Crippen LogP contribution in [0.4, 0.5) is 8.78 Å². The molecule has 4 heteroatoms. The molecule has 0 fully saturated rings. The molecule has 0 aromatic heterocycles. The minimum Gasteiger partial charge on any atom is -0.346 e. The van der Waals surface area contributed by atoms with E-state index in [-0.39, 0.29) is 5.56 Å². The van der Waals surface area contributed by atoms with E-state index in [4.69, 9.17) is 0 Å². The Labute approximate surface area is 86.6 Å². The Kier molecular flexibility index (Phi) is 3.55. The predicted molar refractivity (Wildman–Crippen MR) is 53.1 cm³/mol.